The predicted octanol–water partition coefficient (Wildman–Crippen LogP) is 3.60. The highest BCUT2D eigenvalue weighted by Crippen LogP contribution is 2.26. The number of rotatable bonds is 2. The number of hydrogen-bond acceptors (Lipinski definition) is 2. The third-order valence-electron chi connectivity index (χ3n) is 3.90. The number of halogens is 1. The van der Waals surface area contributed by atoms with Gasteiger partial charge in [0.25, 0.3) is 5.91 Å². The summed E-state index contributed by atoms with van der Waals surface area (Å²) in [6.45, 7) is 3.82. The van der Waals surface area contributed by atoms with Crippen molar-refractivity contribution in [3.63, 3.8) is 0 Å². The van der Waals surface area contributed by atoms with Gasteiger partial charge in [-0.1, -0.05) is 36.7 Å². The second-order valence-corrected chi connectivity index (χ2v) is 6.05. The zero-order valence-corrected chi connectivity index (χ0v) is 12.7. The van der Waals surface area contributed by atoms with Gasteiger partial charge >= 0.3 is 0 Å². The standard InChI is InChI=1S/C16H18ClN3O/c1-11-5-4-8-20(10-11)16(21)15-9-14(18-19-15)12-6-2-3-7-13(12)17/h2-3,6-7,9,11H,4-5,8,10H2,1H3,(H,18,19)/t11-/m1/s1. The van der Waals surface area contributed by atoms with E-state index in [-0.39, 0.29) is 5.91 Å². The van der Waals surface area contributed by atoms with E-state index < -0.39 is 0 Å². The third-order valence-corrected chi connectivity index (χ3v) is 4.23. The lowest BCUT2D eigenvalue weighted by Crippen LogP contribution is -2.39. The van der Waals surface area contributed by atoms with Crippen LogP contribution < -0.4 is 0 Å². The molecule has 0 spiro atoms. The highest BCUT2D eigenvalue weighted by atomic mass is 35.5. The van der Waals surface area contributed by atoms with Crippen molar-refractivity contribution >= 4 is 17.5 Å². The summed E-state index contributed by atoms with van der Waals surface area (Å²) in [6, 6.07) is 9.28. The van der Waals surface area contributed by atoms with Crippen molar-refractivity contribution in [1.29, 1.82) is 0 Å². The largest absolute Gasteiger partial charge is 0.337 e. The van der Waals surface area contributed by atoms with Crippen LogP contribution in [0.2, 0.25) is 5.02 Å². The smallest absolute Gasteiger partial charge is 0.271 e. The first-order valence-corrected chi connectivity index (χ1v) is 7.62. The molecule has 0 saturated carbocycles. The first kappa shape index (κ1) is 14.1. The van der Waals surface area contributed by atoms with E-state index >= 15 is 0 Å². The first-order chi connectivity index (χ1) is 10.1. The quantitative estimate of drug-likeness (QED) is 0.921. The number of aromatic amines is 1. The molecule has 1 aromatic heterocycles. The van der Waals surface area contributed by atoms with Crippen LogP contribution in [0.5, 0.6) is 0 Å². The lowest BCUT2D eigenvalue weighted by Gasteiger charge is -2.30. The van der Waals surface area contributed by atoms with Crippen LogP contribution in [0.25, 0.3) is 11.3 Å². The maximum absolute atomic E-state index is 12.5. The molecule has 2 heterocycles. The minimum Gasteiger partial charge on any atom is -0.337 e. The zero-order valence-electron chi connectivity index (χ0n) is 12.0. The highest BCUT2D eigenvalue weighted by Gasteiger charge is 2.23. The Kier molecular flexibility index (Phi) is 3.97. The third kappa shape index (κ3) is 2.95. The summed E-state index contributed by atoms with van der Waals surface area (Å²) in [6.07, 6.45) is 2.26. The Morgan fingerprint density at radius 2 is 2.24 bits per heavy atom. The van der Waals surface area contributed by atoms with Gasteiger partial charge in [0.15, 0.2) is 0 Å². The van der Waals surface area contributed by atoms with Crippen LogP contribution >= 0.6 is 11.6 Å². The van der Waals surface area contributed by atoms with Crippen molar-refractivity contribution in [2.75, 3.05) is 13.1 Å². The number of carbonyl (C=O) groups is 1. The van der Waals surface area contributed by atoms with Crippen molar-refractivity contribution in [2.45, 2.75) is 19.8 Å². The Morgan fingerprint density at radius 3 is 3.00 bits per heavy atom. The fourth-order valence-corrected chi connectivity index (χ4v) is 3.01. The Labute approximate surface area is 129 Å². The number of amides is 1. The molecule has 1 aromatic carbocycles. The number of carbonyl (C=O) groups excluding carboxylic acids is 1. The molecule has 1 amide bonds. The molecule has 1 atom stereocenters. The van der Waals surface area contributed by atoms with Gasteiger partial charge in [0.05, 0.1) is 10.7 Å². The zero-order chi connectivity index (χ0) is 14.8. The summed E-state index contributed by atoms with van der Waals surface area (Å²) in [5, 5.41) is 7.70. The first-order valence-electron chi connectivity index (χ1n) is 7.24. The topological polar surface area (TPSA) is 49.0 Å². The van der Waals surface area contributed by atoms with E-state index in [1.54, 1.807) is 6.07 Å². The molecule has 3 rings (SSSR count). The summed E-state index contributed by atoms with van der Waals surface area (Å²) in [5.41, 5.74) is 2.06. The van der Waals surface area contributed by atoms with Crippen molar-refractivity contribution < 1.29 is 4.79 Å². The molecule has 1 fully saturated rings. The van der Waals surface area contributed by atoms with Crippen LogP contribution in [0.1, 0.15) is 30.3 Å². The van der Waals surface area contributed by atoms with Gasteiger partial charge in [0.2, 0.25) is 0 Å². The van der Waals surface area contributed by atoms with Gasteiger partial charge in [-0.05, 0) is 30.9 Å². The number of likely N-dealkylation sites (tertiary alicyclic amines) is 1. The second-order valence-electron chi connectivity index (χ2n) is 5.65. The lowest BCUT2D eigenvalue weighted by atomic mass is 10.00. The normalized spacial score (nSPS) is 18.8. The minimum absolute atomic E-state index is 0.0207. The molecule has 21 heavy (non-hydrogen) atoms. The molecule has 1 N–H and O–H groups in total. The molecule has 5 heteroatoms. The molecule has 0 unspecified atom stereocenters. The van der Waals surface area contributed by atoms with Crippen LogP contribution in [-0.2, 0) is 0 Å². The molecule has 0 radical (unpaired) electrons. The van der Waals surface area contributed by atoms with E-state index in [2.05, 4.69) is 17.1 Å². The Hall–Kier alpha value is -1.81. The van der Waals surface area contributed by atoms with Gasteiger partial charge in [0, 0.05) is 18.7 Å². The molecule has 1 aliphatic rings. The van der Waals surface area contributed by atoms with Crippen molar-refractivity contribution in [2.24, 2.45) is 5.92 Å². The number of nitrogens with zero attached hydrogens (tertiary/aromatic N) is 2. The summed E-state index contributed by atoms with van der Waals surface area (Å²) >= 11 is 6.17. The molecular formula is C16H18ClN3O. The summed E-state index contributed by atoms with van der Waals surface area (Å²) in [4.78, 5) is 14.4. The van der Waals surface area contributed by atoms with Crippen LogP contribution in [0.15, 0.2) is 30.3 Å². The molecular weight excluding hydrogens is 286 g/mol. The summed E-state index contributed by atoms with van der Waals surface area (Å²) in [5.74, 6) is 0.584. The van der Waals surface area contributed by atoms with Crippen LogP contribution in [-0.4, -0.2) is 34.1 Å². The van der Waals surface area contributed by atoms with E-state index in [1.807, 2.05) is 29.2 Å². The number of hydrogen-bond donors (Lipinski definition) is 1. The number of aromatic nitrogens is 2. The van der Waals surface area contributed by atoms with E-state index in [9.17, 15) is 4.79 Å². The van der Waals surface area contributed by atoms with Gasteiger partial charge in [-0.15, -0.1) is 0 Å². The van der Waals surface area contributed by atoms with Crippen molar-refractivity contribution in [1.82, 2.24) is 15.1 Å². The fraction of sp³-hybridized carbons (Fsp3) is 0.375. The molecule has 4 nitrogen and oxygen atoms in total. The minimum atomic E-state index is 0.0207. The fourth-order valence-electron chi connectivity index (χ4n) is 2.78. The second kappa shape index (κ2) is 5.90. The van der Waals surface area contributed by atoms with Gasteiger partial charge in [0.1, 0.15) is 5.69 Å². The average Bonchev–Trinajstić information content (AvgIpc) is 2.96. The average molecular weight is 304 g/mol. The monoisotopic (exact) mass is 303 g/mol. The number of nitrogens with one attached hydrogen (secondary N) is 1. The number of benzene rings is 1. The van der Waals surface area contributed by atoms with Gasteiger partial charge in [-0.2, -0.15) is 5.10 Å². The molecule has 0 bridgehead atoms. The number of piperidine rings is 1. The van der Waals surface area contributed by atoms with Gasteiger partial charge in [-0.25, -0.2) is 0 Å². The summed E-state index contributed by atoms with van der Waals surface area (Å²) in [7, 11) is 0. The maximum atomic E-state index is 12.5. The van der Waals surface area contributed by atoms with E-state index in [0.29, 0.717) is 22.3 Å². The molecule has 110 valence electrons. The van der Waals surface area contributed by atoms with Gasteiger partial charge in [-0.3, -0.25) is 9.89 Å². The maximum Gasteiger partial charge on any atom is 0.271 e. The molecule has 2 aromatic rings. The highest BCUT2D eigenvalue weighted by molar-refractivity contribution is 6.33. The van der Waals surface area contributed by atoms with Crippen LogP contribution in [0, 0.1) is 5.92 Å². The summed E-state index contributed by atoms with van der Waals surface area (Å²) < 4.78 is 0. The molecule has 1 aliphatic heterocycles. The Morgan fingerprint density at radius 1 is 1.43 bits per heavy atom. The van der Waals surface area contributed by atoms with Crippen LogP contribution in [0.4, 0.5) is 0 Å². The van der Waals surface area contributed by atoms with E-state index in [1.165, 1.54) is 6.42 Å². The van der Waals surface area contributed by atoms with Crippen LogP contribution in [0.3, 0.4) is 0 Å². The van der Waals surface area contributed by atoms with E-state index in [0.717, 1.165) is 25.1 Å². The predicted molar refractivity (Wildman–Crippen MR) is 83.3 cm³/mol. The lowest BCUT2D eigenvalue weighted by molar-refractivity contribution is 0.0677. The Balaban J connectivity index is 1.82. The van der Waals surface area contributed by atoms with Crippen molar-refractivity contribution in [3.05, 3.63) is 41.0 Å². The van der Waals surface area contributed by atoms with E-state index in [4.69, 9.17) is 11.6 Å². The molecule has 0 aliphatic carbocycles. The van der Waals surface area contributed by atoms with Crippen molar-refractivity contribution in [3.8, 4) is 11.3 Å². The Bertz CT molecular complexity index is 652. The van der Waals surface area contributed by atoms with Gasteiger partial charge < -0.3 is 4.90 Å². The molecule has 1 saturated heterocycles. The SMILES string of the molecule is C[C@@H]1CCCN(C(=O)c2cc(-c3ccccc3Cl)n[nH]2)C1. The number of H-pyrrole nitrogens is 1.